The van der Waals surface area contributed by atoms with E-state index in [4.69, 9.17) is 4.74 Å². The summed E-state index contributed by atoms with van der Waals surface area (Å²) in [6.45, 7) is 8.06. The number of carbonyl (C=O) groups excluding carboxylic acids is 1. The van der Waals surface area contributed by atoms with E-state index >= 15 is 0 Å². The molecule has 3 aliphatic rings. The van der Waals surface area contributed by atoms with Gasteiger partial charge in [0.1, 0.15) is 5.60 Å². The molecule has 2 heterocycles. The molecular weight excluding hydrogens is 252 g/mol. The summed E-state index contributed by atoms with van der Waals surface area (Å²) >= 11 is 0. The Hall–Kier alpha value is -0.770. The first-order valence-electron chi connectivity index (χ1n) is 8.16. The van der Waals surface area contributed by atoms with Crippen molar-refractivity contribution >= 4 is 6.09 Å². The van der Waals surface area contributed by atoms with Gasteiger partial charge in [0.15, 0.2) is 0 Å². The van der Waals surface area contributed by atoms with Crippen LogP contribution in [-0.4, -0.2) is 41.8 Å². The first-order valence-corrected chi connectivity index (χ1v) is 8.16. The number of hydrogen-bond donors (Lipinski definition) is 1. The van der Waals surface area contributed by atoms with Crippen LogP contribution < -0.4 is 5.32 Å². The summed E-state index contributed by atoms with van der Waals surface area (Å²) in [5.74, 6) is 1.55. The van der Waals surface area contributed by atoms with Gasteiger partial charge in [0.2, 0.25) is 0 Å². The number of carbonyl (C=O) groups is 1. The fourth-order valence-electron chi connectivity index (χ4n) is 3.73. The zero-order valence-corrected chi connectivity index (χ0v) is 13.0. The van der Waals surface area contributed by atoms with E-state index in [0.29, 0.717) is 18.0 Å². The molecule has 0 aromatic heterocycles. The summed E-state index contributed by atoms with van der Waals surface area (Å²) in [7, 11) is 0. The number of amides is 1. The van der Waals surface area contributed by atoms with E-state index in [9.17, 15) is 4.79 Å². The minimum absolute atomic E-state index is 0.102. The van der Waals surface area contributed by atoms with Crippen LogP contribution in [0.25, 0.3) is 0 Å². The third-order valence-electron chi connectivity index (χ3n) is 4.81. The highest BCUT2D eigenvalue weighted by molar-refractivity contribution is 5.70. The third-order valence-corrected chi connectivity index (χ3v) is 4.81. The molecule has 114 valence electrons. The van der Waals surface area contributed by atoms with Gasteiger partial charge in [-0.1, -0.05) is 0 Å². The minimum atomic E-state index is -0.390. The van der Waals surface area contributed by atoms with Gasteiger partial charge >= 0.3 is 6.09 Å². The largest absolute Gasteiger partial charge is 0.444 e. The number of hydrogen-bond acceptors (Lipinski definition) is 3. The quantitative estimate of drug-likeness (QED) is 0.861. The highest BCUT2D eigenvalue weighted by atomic mass is 16.6. The second-order valence-electron chi connectivity index (χ2n) is 7.78. The monoisotopic (exact) mass is 280 g/mol. The van der Waals surface area contributed by atoms with Crippen molar-refractivity contribution in [2.24, 2.45) is 11.8 Å². The van der Waals surface area contributed by atoms with Crippen LogP contribution in [0.15, 0.2) is 0 Å². The van der Waals surface area contributed by atoms with Gasteiger partial charge in [0.25, 0.3) is 0 Å². The van der Waals surface area contributed by atoms with Crippen LogP contribution in [0.5, 0.6) is 0 Å². The predicted octanol–water partition coefficient (Wildman–Crippen LogP) is 2.77. The Morgan fingerprint density at radius 1 is 1.20 bits per heavy atom. The van der Waals surface area contributed by atoms with E-state index in [1.807, 2.05) is 25.7 Å². The first kappa shape index (κ1) is 14.2. The molecule has 0 aromatic rings. The molecule has 3 unspecified atom stereocenters. The average Bonchev–Trinajstić information content (AvgIpc) is 2.98. The van der Waals surface area contributed by atoms with Gasteiger partial charge in [-0.3, -0.25) is 0 Å². The van der Waals surface area contributed by atoms with Crippen molar-refractivity contribution in [1.82, 2.24) is 10.2 Å². The number of fused-ring (bicyclic) bond motifs is 2. The molecule has 1 aliphatic carbocycles. The normalized spacial score (nSPS) is 32.8. The summed E-state index contributed by atoms with van der Waals surface area (Å²) in [6.07, 6.45) is 6.15. The number of nitrogens with zero attached hydrogens (tertiary/aromatic N) is 1. The topological polar surface area (TPSA) is 41.6 Å². The summed E-state index contributed by atoms with van der Waals surface area (Å²) in [4.78, 5) is 14.4. The Balaban J connectivity index is 1.52. The molecule has 0 spiro atoms. The van der Waals surface area contributed by atoms with Crippen LogP contribution in [0.1, 0.15) is 52.9 Å². The van der Waals surface area contributed by atoms with Crippen LogP contribution in [0, 0.1) is 11.8 Å². The smallest absolute Gasteiger partial charge is 0.410 e. The molecule has 0 aromatic carbocycles. The van der Waals surface area contributed by atoms with Crippen LogP contribution in [0.3, 0.4) is 0 Å². The van der Waals surface area contributed by atoms with Crippen molar-refractivity contribution in [2.45, 2.75) is 70.6 Å². The maximum absolute atomic E-state index is 12.3. The minimum Gasteiger partial charge on any atom is -0.444 e. The second kappa shape index (κ2) is 5.21. The molecule has 2 aliphatic heterocycles. The number of nitrogens with one attached hydrogen (secondary N) is 1. The fraction of sp³-hybridized carbons (Fsp3) is 0.938. The molecule has 4 heteroatoms. The van der Waals surface area contributed by atoms with Crippen molar-refractivity contribution in [1.29, 1.82) is 0 Å². The summed E-state index contributed by atoms with van der Waals surface area (Å²) in [5, 5.41) is 3.60. The van der Waals surface area contributed by atoms with Crippen molar-refractivity contribution in [3.63, 3.8) is 0 Å². The Kier molecular flexibility index (Phi) is 3.69. The first-order chi connectivity index (χ1) is 9.44. The van der Waals surface area contributed by atoms with Gasteiger partial charge in [-0.15, -0.1) is 0 Å². The molecule has 0 radical (unpaired) electrons. The summed E-state index contributed by atoms with van der Waals surface area (Å²) in [5.41, 5.74) is -0.390. The number of rotatable bonds is 4. The van der Waals surface area contributed by atoms with E-state index < -0.39 is 5.60 Å². The van der Waals surface area contributed by atoms with Crippen LogP contribution in [-0.2, 0) is 4.74 Å². The third kappa shape index (κ3) is 3.11. The summed E-state index contributed by atoms with van der Waals surface area (Å²) in [6, 6.07) is 0.823. The van der Waals surface area contributed by atoms with Gasteiger partial charge in [0.05, 0.1) is 0 Å². The van der Waals surface area contributed by atoms with E-state index in [1.54, 1.807) is 0 Å². The summed E-state index contributed by atoms with van der Waals surface area (Å²) < 4.78 is 5.57. The van der Waals surface area contributed by atoms with E-state index in [0.717, 1.165) is 31.7 Å². The van der Waals surface area contributed by atoms with E-state index in [1.165, 1.54) is 19.4 Å². The highest BCUT2D eigenvalue weighted by Crippen LogP contribution is 2.42. The predicted molar refractivity (Wildman–Crippen MR) is 78.6 cm³/mol. The van der Waals surface area contributed by atoms with Gasteiger partial charge in [-0.05, 0) is 71.3 Å². The Labute approximate surface area is 122 Å². The van der Waals surface area contributed by atoms with Crippen LogP contribution in [0.2, 0.25) is 0 Å². The molecule has 2 bridgehead atoms. The van der Waals surface area contributed by atoms with Crippen molar-refractivity contribution in [3.8, 4) is 0 Å². The fourth-order valence-corrected chi connectivity index (χ4v) is 3.73. The SMILES string of the molecule is CC(C)(C)OC(=O)N1C2CCC1C(CNCC1CC1)C2. The van der Waals surface area contributed by atoms with E-state index in [2.05, 4.69) is 5.32 Å². The molecule has 1 N–H and O–H groups in total. The molecule has 3 rings (SSSR count). The Morgan fingerprint density at radius 3 is 2.60 bits per heavy atom. The Bertz CT molecular complexity index is 373. The van der Waals surface area contributed by atoms with E-state index in [-0.39, 0.29) is 6.09 Å². The van der Waals surface area contributed by atoms with Crippen molar-refractivity contribution < 1.29 is 9.53 Å². The van der Waals surface area contributed by atoms with Gasteiger partial charge < -0.3 is 15.0 Å². The average molecular weight is 280 g/mol. The number of ether oxygens (including phenoxy) is 1. The standard InChI is InChI=1S/C16H28N2O2/c1-16(2,3)20-15(19)18-13-6-7-14(18)12(8-13)10-17-9-11-4-5-11/h11-14,17H,4-10H2,1-3H3. The molecular formula is C16H28N2O2. The maximum Gasteiger partial charge on any atom is 0.410 e. The lowest BCUT2D eigenvalue weighted by Crippen LogP contribution is -2.41. The van der Waals surface area contributed by atoms with Crippen LogP contribution in [0.4, 0.5) is 4.79 Å². The maximum atomic E-state index is 12.3. The zero-order chi connectivity index (χ0) is 14.3. The molecule has 3 atom stereocenters. The molecule has 1 amide bonds. The lowest BCUT2D eigenvalue weighted by Gasteiger charge is -2.28. The molecule has 4 nitrogen and oxygen atoms in total. The van der Waals surface area contributed by atoms with Gasteiger partial charge in [-0.2, -0.15) is 0 Å². The molecule has 20 heavy (non-hydrogen) atoms. The van der Waals surface area contributed by atoms with Gasteiger partial charge in [-0.25, -0.2) is 4.79 Å². The van der Waals surface area contributed by atoms with Crippen LogP contribution >= 0.6 is 0 Å². The zero-order valence-electron chi connectivity index (χ0n) is 13.0. The lowest BCUT2D eigenvalue weighted by molar-refractivity contribution is 0.0205. The second-order valence-corrected chi connectivity index (χ2v) is 7.78. The molecule has 2 saturated heterocycles. The molecule has 1 saturated carbocycles. The van der Waals surface area contributed by atoms with Gasteiger partial charge in [0, 0.05) is 18.6 Å². The molecule has 3 fully saturated rings. The highest BCUT2D eigenvalue weighted by Gasteiger charge is 2.49. The van der Waals surface area contributed by atoms with Crippen molar-refractivity contribution in [3.05, 3.63) is 0 Å². The lowest BCUT2D eigenvalue weighted by atomic mass is 9.89. The van der Waals surface area contributed by atoms with Crippen molar-refractivity contribution in [2.75, 3.05) is 13.1 Å². The Morgan fingerprint density at radius 2 is 1.95 bits per heavy atom.